The lowest BCUT2D eigenvalue weighted by atomic mass is 10.1. The normalized spacial score (nSPS) is 18.9. The standard InChI is InChI=1S/C15H30F3N5O2S.HI/c1-5-12(2)22(4)11-8-20-14(19-3)21-13-6-9-23(10-7-13)26(24,25)15(16,17)18;/h12-13H,5-11H2,1-4H3,(H2,19,20,21);1H. The zero-order valence-electron chi connectivity index (χ0n) is 16.2. The van der Waals surface area contributed by atoms with Crippen molar-refractivity contribution in [3.8, 4) is 0 Å². The van der Waals surface area contributed by atoms with E-state index in [1.807, 2.05) is 7.05 Å². The lowest BCUT2D eigenvalue weighted by Gasteiger charge is -2.32. The molecule has 27 heavy (non-hydrogen) atoms. The number of piperidine rings is 1. The van der Waals surface area contributed by atoms with Crippen molar-refractivity contribution in [3.63, 3.8) is 0 Å². The molecule has 12 heteroatoms. The third-order valence-corrected chi connectivity index (χ3v) is 6.38. The Hall–Kier alpha value is -0.340. The number of nitrogens with one attached hydrogen (secondary N) is 2. The van der Waals surface area contributed by atoms with Crippen molar-refractivity contribution in [2.75, 3.05) is 40.3 Å². The van der Waals surface area contributed by atoms with E-state index in [0.29, 0.717) is 35.7 Å². The number of sulfonamides is 1. The van der Waals surface area contributed by atoms with Crippen LogP contribution in [0, 0.1) is 0 Å². The van der Waals surface area contributed by atoms with E-state index in [1.165, 1.54) is 0 Å². The summed E-state index contributed by atoms with van der Waals surface area (Å²) in [6, 6.07) is 0.361. The number of nitrogens with zero attached hydrogens (tertiary/aromatic N) is 3. The molecule has 1 atom stereocenters. The molecule has 0 aromatic heterocycles. The first kappa shape index (κ1) is 26.7. The van der Waals surface area contributed by atoms with E-state index in [4.69, 9.17) is 0 Å². The number of hydrogen-bond donors (Lipinski definition) is 2. The number of alkyl halides is 3. The molecular weight excluding hydrogens is 498 g/mol. The van der Waals surface area contributed by atoms with E-state index >= 15 is 0 Å². The molecule has 1 heterocycles. The first-order valence-electron chi connectivity index (χ1n) is 8.76. The number of halogens is 4. The Morgan fingerprint density at radius 3 is 2.33 bits per heavy atom. The summed E-state index contributed by atoms with van der Waals surface area (Å²) in [5, 5.41) is 6.33. The van der Waals surface area contributed by atoms with Crippen LogP contribution in [0.2, 0.25) is 0 Å². The van der Waals surface area contributed by atoms with E-state index in [0.717, 1.165) is 13.0 Å². The molecule has 1 aliphatic rings. The number of hydrogen-bond acceptors (Lipinski definition) is 4. The lowest BCUT2D eigenvalue weighted by Crippen LogP contribution is -2.52. The lowest BCUT2D eigenvalue weighted by molar-refractivity contribution is -0.0494. The number of guanidine groups is 1. The topological polar surface area (TPSA) is 77.0 Å². The van der Waals surface area contributed by atoms with Crippen LogP contribution in [0.25, 0.3) is 0 Å². The monoisotopic (exact) mass is 529 g/mol. The van der Waals surface area contributed by atoms with Crippen LogP contribution >= 0.6 is 24.0 Å². The van der Waals surface area contributed by atoms with Crippen molar-refractivity contribution in [3.05, 3.63) is 0 Å². The Balaban J connectivity index is 0.00000676. The van der Waals surface area contributed by atoms with Gasteiger partial charge in [0.05, 0.1) is 0 Å². The predicted octanol–water partition coefficient (Wildman–Crippen LogP) is 1.81. The summed E-state index contributed by atoms with van der Waals surface area (Å²) in [4.78, 5) is 6.34. The zero-order chi connectivity index (χ0) is 20.0. The average molecular weight is 529 g/mol. The van der Waals surface area contributed by atoms with Gasteiger partial charge in [-0.15, -0.1) is 24.0 Å². The van der Waals surface area contributed by atoms with Crippen molar-refractivity contribution in [1.82, 2.24) is 19.8 Å². The van der Waals surface area contributed by atoms with Crippen LogP contribution in [0.5, 0.6) is 0 Å². The third-order valence-electron chi connectivity index (χ3n) is 4.75. The van der Waals surface area contributed by atoms with Gasteiger partial charge in [-0.25, -0.2) is 8.42 Å². The highest BCUT2D eigenvalue weighted by atomic mass is 127. The molecule has 0 saturated carbocycles. The van der Waals surface area contributed by atoms with Gasteiger partial charge in [0, 0.05) is 45.3 Å². The predicted molar refractivity (Wildman–Crippen MR) is 112 cm³/mol. The van der Waals surface area contributed by atoms with Gasteiger partial charge in [0.25, 0.3) is 0 Å². The summed E-state index contributed by atoms with van der Waals surface area (Å²) in [6.07, 6.45) is 1.65. The molecule has 0 amide bonds. The highest BCUT2D eigenvalue weighted by molar-refractivity contribution is 14.0. The number of aliphatic imine (C=N–C) groups is 1. The highest BCUT2D eigenvalue weighted by Gasteiger charge is 2.50. The second kappa shape index (κ2) is 11.6. The SMILES string of the molecule is CCC(C)N(C)CCNC(=NC)NC1CCN(S(=O)(=O)C(F)(F)F)CC1.I. The van der Waals surface area contributed by atoms with Gasteiger partial charge >= 0.3 is 15.5 Å². The van der Waals surface area contributed by atoms with Gasteiger partial charge < -0.3 is 15.5 Å². The third kappa shape index (κ3) is 7.89. The van der Waals surface area contributed by atoms with Gasteiger partial charge in [-0.2, -0.15) is 17.5 Å². The minimum Gasteiger partial charge on any atom is -0.355 e. The number of likely N-dealkylation sites (N-methyl/N-ethyl adjacent to an activating group) is 1. The first-order valence-corrected chi connectivity index (χ1v) is 10.2. The largest absolute Gasteiger partial charge is 0.511 e. The van der Waals surface area contributed by atoms with Gasteiger partial charge in [-0.1, -0.05) is 6.92 Å². The molecular formula is C15H31F3IN5O2S. The quantitative estimate of drug-likeness (QED) is 0.299. The zero-order valence-corrected chi connectivity index (χ0v) is 19.4. The van der Waals surface area contributed by atoms with E-state index < -0.39 is 15.5 Å². The van der Waals surface area contributed by atoms with Crippen LogP contribution in [0.1, 0.15) is 33.1 Å². The molecule has 1 unspecified atom stereocenters. The Bertz CT molecular complexity index is 566. The summed E-state index contributed by atoms with van der Waals surface area (Å²) in [5.74, 6) is 0.569. The van der Waals surface area contributed by atoms with Crippen molar-refractivity contribution in [2.45, 2.75) is 50.7 Å². The molecule has 1 rings (SSSR count). The van der Waals surface area contributed by atoms with Gasteiger partial charge in [0.1, 0.15) is 0 Å². The maximum absolute atomic E-state index is 12.6. The second-order valence-corrected chi connectivity index (χ2v) is 8.43. The van der Waals surface area contributed by atoms with Crippen LogP contribution < -0.4 is 10.6 Å². The van der Waals surface area contributed by atoms with Gasteiger partial charge in [-0.05, 0) is 33.2 Å². The summed E-state index contributed by atoms with van der Waals surface area (Å²) in [5.41, 5.74) is -5.24. The molecule has 0 spiro atoms. The maximum atomic E-state index is 12.6. The van der Waals surface area contributed by atoms with Gasteiger partial charge in [0.15, 0.2) is 5.96 Å². The minimum absolute atomic E-state index is 0. The van der Waals surface area contributed by atoms with Crippen molar-refractivity contribution in [1.29, 1.82) is 0 Å². The number of rotatable bonds is 7. The molecule has 0 aromatic rings. The Morgan fingerprint density at radius 1 is 1.33 bits per heavy atom. The average Bonchev–Trinajstić information content (AvgIpc) is 2.59. The van der Waals surface area contributed by atoms with Crippen LogP contribution in [0.3, 0.4) is 0 Å². The van der Waals surface area contributed by atoms with Crippen LogP contribution in [-0.2, 0) is 10.0 Å². The summed E-state index contributed by atoms with van der Waals surface area (Å²) in [6.45, 7) is 5.47. The second-order valence-electron chi connectivity index (χ2n) is 6.51. The molecule has 7 nitrogen and oxygen atoms in total. The molecule has 1 saturated heterocycles. The van der Waals surface area contributed by atoms with Crippen molar-refractivity contribution in [2.24, 2.45) is 4.99 Å². The fraction of sp³-hybridized carbons (Fsp3) is 0.933. The van der Waals surface area contributed by atoms with Crippen LogP contribution in [-0.4, -0.2) is 81.4 Å². The Labute approximate surface area is 177 Å². The molecule has 1 fully saturated rings. The maximum Gasteiger partial charge on any atom is 0.511 e. The summed E-state index contributed by atoms with van der Waals surface area (Å²) < 4.78 is 61.1. The van der Waals surface area contributed by atoms with Gasteiger partial charge in [0.2, 0.25) is 0 Å². The van der Waals surface area contributed by atoms with Crippen molar-refractivity contribution < 1.29 is 21.6 Å². The first-order chi connectivity index (χ1) is 12.0. The highest BCUT2D eigenvalue weighted by Crippen LogP contribution is 2.28. The van der Waals surface area contributed by atoms with E-state index in [2.05, 4.69) is 34.4 Å². The van der Waals surface area contributed by atoms with Gasteiger partial charge in [-0.3, -0.25) is 4.99 Å². The summed E-state index contributed by atoms with van der Waals surface area (Å²) in [7, 11) is -1.57. The van der Waals surface area contributed by atoms with E-state index in [9.17, 15) is 21.6 Å². The molecule has 1 aliphatic heterocycles. The molecule has 0 radical (unpaired) electrons. The Kier molecular flexibility index (Phi) is 11.5. The van der Waals surface area contributed by atoms with Crippen LogP contribution in [0.15, 0.2) is 4.99 Å². The fourth-order valence-electron chi connectivity index (χ4n) is 2.66. The molecule has 2 N–H and O–H groups in total. The van der Waals surface area contributed by atoms with E-state index in [1.54, 1.807) is 7.05 Å². The Morgan fingerprint density at radius 2 is 1.89 bits per heavy atom. The van der Waals surface area contributed by atoms with Crippen molar-refractivity contribution >= 4 is 40.0 Å². The summed E-state index contributed by atoms with van der Waals surface area (Å²) >= 11 is 0. The molecule has 162 valence electrons. The molecule has 0 aromatic carbocycles. The minimum atomic E-state index is -5.24. The smallest absolute Gasteiger partial charge is 0.355 e. The fourth-order valence-corrected chi connectivity index (χ4v) is 3.64. The molecule has 0 bridgehead atoms. The molecule has 0 aliphatic carbocycles. The van der Waals surface area contributed by atoms with Crippen LogP contribution in [0.4, 0.5) is 13.2 Å². The van der Waals surface area contributed by atoms with E-state index in [-0.39, 0.29) is 43.1 Å².